The minimum atomic E-state index is 0.0225. The van der Waals surface area contributed by atoms with Crippen LogP contribution in [0.4, 0.5) is 0 Å². The summed E-state index contributed by atoms with van der Waals surface area (Å²) in [6, 6.07) is 0.601. The minimum absolute atomic E-state index is 0.0225. The smallest absolute Gasteiger partial charge is 0.237 e. The van der Waals surface area contributed by atoms with Crippen molar-refractivity contribution in [2.24, 2.45) is 17.8 Å². The van der Waals surface area contributed by atoms with Crippen LogP contribution in [0, 0.1) is 17.8 Å². The van der Waals surface area contributed by atoms with E-state index < -0.39 is 0 Å². The fourth-order valence-electron chi connectivity index (χ4n) is 4.67. The summed E-state index contributed by atoms with van der Waals surface area (Å²) in [5.74, 6) is 1.76. The highest BCUT2D eigenvalue weighted by Crippen LogP contribution is 2.33. The van der Waals surface area contributed by atoms with Gasteiger partial charge >= 0.3 is 0 Å². The predicted octanol–water partition coefficient (Wildman–Crippen LogP) is 1.82. The lowest BCUT2D eigenvalue weighted by molar-refractivity contribution is -0.123. The van der Waals surface area contributed by atoms with Gasteiger partial charge in [-0.2, -0.15) is 0 Å². The second kappa shape index (κ2) is 7.10. The molecule has 0 radical (unpaired) electrons. The van der Waals surface area contributed by atoms with Gasteiger partial charge in [-0.05, 0) is 49.9 Å². The van der Waals surface area contributed by atoms with Gasteiger partial charge in [-0.1, -0.05) is 25.7 Å². The van der Waals surface area contributed by atoms with E-state index in [-0.39, 0.29) is 18.6 Å². The van der Waals surface area contributed by atoms with Gasteiger partial charge in [-0.15, -0.1) is 0 Å². The fourth-order valence-corrected chi connectivity index (χ4v) is 4.67. The highest BCUT2D eigenvalue weighted by Gasteiger charge is 2.38. The summed E-state index contributed by atoms with van der Waals surface area (Å²) in [5, 5.41) is 16.2. The molecule has 3 aliphatic rings. The first-order valence-electron chi connectivity index (χ1n) is 8.92. The monoisotopic (exact) mass is 294 g/mol. The van der Waals surface area contributed by atoms with Crippen molar-refractivity contribution in [2.75, 3.05) is 13.2 Å². The number of hydrogen-bond acceptors (Lipinski definition) is 3. The molecule has 1 aliphatic heterocycles. The summed E-state index contributed by atoms with van der Waals surface area (Å²) in [6.07, 6.45) is 10.9. The van der Waals surface area contributed by atoms with E-state index in [0.717, 1.165) is 31.7 Å². The molecule has 3 fully saturated rings. The van der Waals surface area contributed by atoms with Crippen molar-refractivity contribution in [2.45, 2.75) is 69.9 Å². The summed E-state index contributed by atoms with van der Waals surface area (Å²) in [4.78, 5) is 12.4. The highest BCUT2D eigenvalue weighted by atomic mass is 16.3. The number of hydrogen-bond donors (Lipinski definition) is 3. The van der Waals surface area contributed by atoms with E-state index in [1.165, 1.54) is 38.5 Å². The van der Waals surface area contributed by atoms with Crippen molar-refractivity contribution in [3.63, 3.8) is 0 Å². The SMILES string of the molecule is O=C(NCC1CCCCC1CO)C1CC2CCCCC2N1. The molecule has 0 aromatic carbocycles. The van der Waals surface area contributed by atoms with E-state index in [0.29, 0.717) is 17.9 Å². The molecule has 3 rings (SSSR count). The van der Waals surface area contributed by atoms with Gasteiger partial charge in [0, 0.05) is 19.2 Å². The molecule has 120 valence electrons. The maximum absolute atomic E-state index is 12.4. The third-order valence-electron chi connectivity index (χ3n) is 6.02. The first-order chi connectivity index (χ1) is 10.3. The zero-order chi connectivity index (χ0) is 14.7. The van der Waals surface area contributed by atoms with E-state index in [4.69, 9.17) is 0 Å². The molecule has 4 nitrogen and oxygen atoms in total. The molecule has 4 heteroatoms. The first kappa shape index (κ1) is 15.3. The highest BCUT2D eigenvalue weighted by molar-refractivity contribution is 5.82. The minimum Gasteiger partial charge on any atom is -0.396 e. The lowest BCUT2D eigenvalue weighted by Gasteiger charge is -2.30. The van der Waals surface area contributed by atoms with Gasteiger partial charge < -0.3 is 15.7 Å². The Morgan fingerprint density at radius 3 is 2.52 bits per heavy atom. The van der Waals surface area contributed by atoms with Crippen LogP contribution in [0.15, 0.2) is 0 Å². The molecular weight excluding hydrogens is 264 g/mol. The topological polar surface area (TPSA) is 61.4 Å². The number of nitrogens with one attached hydrogen (secondary N) is 2. The van der Waals surface area contributed by atoms with Gasteiger partial charge in [0.25, 0.3) is 0 Å². The molecule has 0 aromatic heterocycles. The first-order valence-corrected chi connectivity index (χ1v) is 8.92. The molecule has 0 spiro atoms. The van der Waals surface area contributed by atoms with Gasteiger partial charge in [-0.3, -0.25) is 4.79 Å². The molecule has 2 aliphatic carbocycles. The summed E-state index contributed by atoms with van der Waals surface area (Å²) >= 11 is 0. The molecular formula is C17H30N2O2. The van der Waals surface area contributed by atoms with Gasteiger partial charge in [0.05, 0.1) is 6.04 Å². The number of carbonyl (C=O) groups excluding carboxylic acids is 1. The lowest BCUT2D eigenvalue weighted by Crippen LogP contribution is -2.45. The summed E-state index contributed by atoms with van der Waals surface area (Å²) in [7, 11) is 0. The molecule has 3 N–H and O–H groups in total. The number of fused-ring (bicyclic) bond motifs is 1. The van der Waals surface area contributed by atoms with Crippen LogP contribution in [0.25, 0.3) is 0 Å². The number of rotatable bonds is 4. The number of amides is 1. The van der Waals surface area contributed by atoms with Crippen LogP contribution >= 0.6 is 0 Å². The number of carbonyl (C=O) groups is 1. The predicted molar refractivity (Wildman–Crippen MR) is 82.8 cm³/mol. The maximum atomic E-state index is 12.4. The van der Waals surface area contributed by atoms with E-state index >= 15 is 0 Å². The quantitative estimate of drug-likeness (QED) is 0.741. The van der Waals surface area contributed by atoms with Crippen LogP contribution in [0.5, 0.6) is 0 Å². The van der Waals surface area contributed by atoms with E-state index in [1.54, 1.807) is 0 Å². The Bertz CT molecular complexity index is 347. The molecule has 0 aromatic rings. The zero-order valence-electron chi connectivity index (χ0n) is 13.0. The van der Waals surface area contributed by atoms with Gasteiger partial charge in [0.1, 0.15) is 0 Å². The van der Waals surface area contributed by atoms with Crippen LogP contribution in [0.1, 0.15) is 57.8 Å². The standard InChI is InChI=1S/C17H30N2O2/c20-11-14-7-2-1-6-13(14)10-18-17(21)16-9-12-5-3-4-8-15(12)19-16/h12-16,19-20H,1-11H2,(H,18,21). The van der Waals surface area contributed by atoms with Crippen molar-refractivity contribution < 1.29 is 9.90 Å². The second-order valence-corrected chi connectivity index (χ2v) is 7.34. The van der Waals surface area contributed by atoms with Gasteiger partial charge in [0.15, 0.2) is 0 Å². The lowest BCUT2D eigenvalue weighted by atomic mass is 9.79. The average molecular weight is 294 g/mol. The third kappa shape index (κ3) is 3.59. The maximum Gasteiger partial charge on any atom is 0.237 e. The fraction of sp³-hybridized carbons (Fsp3) is 0.941. The molecule has 21 heavy (non-hydrogen) atoms. The Labute approximate surface area is 128 Å². The Balaban J connectivity index is 1.46. The molecule has 1 saturated heterocycles. The molecule has 5 unspecified atom stereocenters. The molecule has 1 amide bonds. The zero-order valence-corrected chi connectivity index (χ0v) is 13.0. The van der Waals surface area contributed by atoms with Crippen molar-refractivity contribution >= 4 is 5.91 Å². The van der Waals surface area contributed by atoms with Crippen molar-refractivity contribution in [1.82, 2.24) is 10.6 Å². The van der Waals surface area contributed by atoms with Crippen LogP contribution in [0.2, 0.25) is 0 Å². The van der Waals surface area contributed by atoms with Gasteiger partial charge in [-0.25, -0.2) is 0 Å². The Morgan fingerprint density at radius 1 is 1.05 bits per heavy atom. The summed E-state index contributed by atoms with van der Waals surface area (Å²) in [5.41, 5.74) is 0. The average Bonchev–Trinajstić information content (AvgIpc) is 2.97. The third-order valence-corrected chi connectivity index (χ3v) is 6.02. The van der Waals surface area contributed by atoms with Crippen LogP contribution in [0.3, 0.4) is 0 Å². The molecule has 2 saturated carbocycles. The van der Waals surface area contributed by atoms with E-state index in [9.17, 15) is 9.90 Å². The van der Waals surface area contributed by atoms with Crippen molar-refractivity contribution in [3.05, 3.63) is 0 Å². The second-order valence-electron chi connectivity index (χ2n) is 7.34. The van der Waals surface area contributed by atoms with Gasteiger partial charge in [0.2, 0.25) is 5.91 Å². The van der Waals surface area contributed by atoms with Crippen LogP contribution in [-0.2, 0) is 4.79 Å². The number of aliphatic hydroxyl groups is 1. The van der Waals surface area contributed by atoms with Crippen molar-refractivity contribution in [1.29, 1.82) is 0 Å². The molecule has 5 atom stereocenters. The Kier molecular flexibility index (Phi) is 5.17. The largest absolute Gasteiger partial charge is 0.396 e. The van der Waals surface area contributed by atoms with E-state index in [2.05, 4.69) is 10.6 Å². The van der Waals surface area contributed by atoms with Crippen molar-refractivity contribution in [3.8, 4) is 0 Å². The summed E-state index contributed by atoms with van der Waals surface area (Å²) in [6.45, 7) is 1.02. The van der Waals surface area contributed by atoms with Crippen LogP contribution < -0.4 is 10.6 Å². The Hall–Kier alpha value is -0.610. The Morgan fingerprint density at radius 2 is 1.76 bits per heavy atom. The van der Waals surface area contributed by atoms with E-state index in [1.807, 2.05) is 0 Å². The van der Waals surface area contributed by atoms with Crippen LogP contribution in [-0.4, -0.2) is 36.2 Å². The normalized spacial score (nSPS) is 39.8. The molecule has 1 heterocycles. The number of aliphatic hydroxyl groups excluding tert-OH is 1. The molecule has 0 bridgehead atoms. The summed E-state index contributed by atoms with van der Waals surface area (Å²) < 4.78 is 0.